The largest absolute Gasteiger partial charge is 0.377 e. The highest BCUT2D eigenvalue weighted by Gasteiger charge is 2.54. The summed E-state index contributed by atoms with van der Waals surface area (Å²) in [6.07, 6.45) is 3.93. The van der Waals surface area contributed by atoms with Crippen molar-refractivity contribution in [3.05, 3.63) is 70.9 Å². The molecule has 0 radical (unpaired) electrons. The molecule has 200 valence electrons. The zero-order valence-electron chi connectivity index (χ0n) is 21.9. The van der Waals surface area contributed by atoms with Crippen molar-refractivity contribution >= 4 is 11.8 Å². The van der Waals surface area contributed by atoms with Gasteiger partial charge in [0.05, 0.1) is 17.0 Å². The lowest BCUT2D eigenvalue weighted by atomic mass is 9.69. The maximum atomic E-state index is 13.3. The number of carbonyl (C=O) groups is 2. The molecule has 1 saturated carbocycles. The Kier molecular flexibility index (Phi) is 6.00. The number of benzene rings is 1. The molecule has 2 amide bonds. The first-order valence-corrected chi connectivity index (χ1v) is 13.4. The number of amides is 2. The molecular weight excluding hydrogens is 488 g/mol. The van der Waals surface area contributed by atoms with E-state index in [1.165, 1.54) is 17.5 Å². The summed E-state index contributed by atoms with van der Waals surface area (Å²) in [7, 11) is 0. The molecule has 7 nitrogen and oxygen atoms in total. The maximum absolute atomic E-state index is 13.3. The summed E-state index contributed by atoms with van der Waals surface area (Å²) < 4.78 is 26.6. The topological polar surface area (TPSA) is 69.6 Å². The molecule has 0 N–H and O–H groups in total. The van der Waals surface area contributed by atoms with Crippen LogP contribution in [0.15, 0.2) is 48.4 Å². The van der Waals surface area contributed by atoms with Crippen LogP contribution in [0, 0.1) is 25.7 Å². The molecule has 6 rings (SSSR count). The predicted molar refractivity (Wildman–Crippen MR) is 138 cm³/mol. The first-order chi connectivity index (χ1) is 18.1. The van der Waals surface area contributed by atoms with Crippen LogP contribution in [0.5, 0.6) is 0 Å². The minimum atomic E-state index is -2.68. The molecule has 2 aromatic rings. The molecule has 2 saturated heterocycles. The van der Waals surface area contributed by atoms with Crippen LogP contribution in [0.3, 0.4) is 0 Å². The highest BCUT2D eigenvalue weighted by molar-refractivity contribution is 5.96. The lowest BCUT2D eigenvalue weighted by Crippen LogP contribution is -2.64. The molecule has 3 fully saturated rings. The number of likely N-dealkylation sites (tertiary alicyclic amines) is 2. The minimum Gasteiger partial charge on any atom is -0.377 e. The van der Waals surface area contributed by atoms with Crippen LogP contribution in [0.1, 0.15) is 46.6 Å². The molecule has 4 aliphatic rings. The standard InChI is InChI=1S/C29H33F2N5O2/c1-19-25(20(2)33-18-32-19)27(38)35-14-22-12-34(13-23(22)15-35)9-8-28(24-6-4-3-5-7-24)16-36(17-28)26(37)21-10-29(30,31)11-21/h3-7,12,18,21,23H,8-11,13-17H2,1-2H3. The summed E-state index contributed by atoms with van der Waals surface area (Å²) in [5.74, 6) is -3.04. The molecule has 38 heavy (non-hydrogen) atoms. The first-order valence-electron chi connectivity index (χ1n) is 13.4. The van der Waals surface area contributed by atoms with E-state index in [2.05, 4.69) is 33.2 Å². The van der Waals surface area contributed by atoms with Gasteiger partial charge >= 0.3 is 0 Å². The molecule has 1 atom stereocenters. The van der Waals surface area contributed by atoms with E-state index < -0.39 is 11.8 Å². The van der Waals surface area contributed by atoms with Crippen LogP contribution in [0.25, 0.3) is 0 Å². The minimum absolute atomic E-state index is 0.00562. The van der Waals surface area contributed by atoms with E-state index in [1.54, 1.807) is 4.90 Å². The second kappa shape index (κ2) is 9.13. The highest BCUT2D eigenvalue weighted by atomic mass is 19.3. The van der Waals surface area contributed by atoms with E-state index in [4.69, 9.17) is 0 Å². The molecule has 1 aromatic carbocycles. The zero-order valence-corrected chi connectivity index (χ0v) is 21.9. The van der Waals surface area contributed by atoms with E-state index in [1.807, 2.05) is 36.9 Å². The van der Waals surface area contributed by atoms with Gasteiger partial charge in [0.15, 0.2) is 0 Å². The molecule has 4 heterocycles. The van der Waals surface area contributed by atoms with Crippen LogP contribution in [-0.4, -0.2) is 81.7 Å². The van der Waals surface area contributed by atoms with Gasteiger partial charge in [0, 0.05) is 75.6 Å². The molecule has 0 bridgehead atoms. The normalized spacial score (nSPS) is 23.5. The van der Waals surface area contributed by atoms with Gasteiger partial charge in [-0.25, -0.2) is 18.7 Å². The smallest absolute Gasteiger partial charge is 0.257 e. The van der Waals surface area contributed by atoms with E-state index >= 15 is 0 Å². The Balaban J connectivity index is 1.09. The number of alkyl halides is 2. The van der Waals surface area contributed by atoms with Crippen molar-refractivity contribution in [1.82, 2.24) is 24.7 Å². The fourth-order valence-electron chi connectivity index (χ4n) is 6.63. The Morgan fingerprint density at radius 2 is 1.68 bits per heavy atom. The number of fused-ring (bicyclic) bond motifs is 1. The molecule has 3 aliphatic heterocycles. The van der Waals surface area contributed by atoms with Gasteiger partial charge in [0.1, 0.15) is 6.33 Å². The molecule has 1 aromatic heterocycles. The number of hydrogen-bond acceptors (Lipinski definition) is 5. The Bertz CT molecular complexity index is 1260. The SMILES string of the molecule is Cc1ncnc(C)c1C(=O)N1CC2=CN(CCC3(c4ccccc4)CN(C(=O)C4CC(F)(F)C4)C3)CC2C1. The van der Waals surface area contributed by atoms with Gasteiger partial charge in [-0.2, -0.15) is 0 Å². The second-order valence-electron chi connectivity index (χ2n) is 11.6. The number of rotatable bonds is 6. The highest BCUT2D eigenvalue weighted by Crippen LogP contribution is 2.46. The number of nitrogens with zero attached hydrogens (tertiary/aromatic N) is 5. The molecule has 1 aliphatic carbocycles. The Morgan fingerprint density at radius 1 is 1.00 bits per heavy atom. The summed E-state index contributed by atoms with van der Waals surface area (Å²) in [6, 6.07) is 10.2. The van der Waals surface area contributed by atoms with Crippen LogP contribution in [-0.2, 0) is 10.2 Å². The third-order valence-corrected chi connectivity index (χ3v) is 8.87. The Morgan fingerprint density at radius 3 is 2.32 bits per heavy atom. The molecule has 9 heteroatoms. The predicted octanol–water partition coefficient (Wildman–Crippen LogP) is 3.58. The van der Waals surface area contributed by atoms with Gasteiger partial charge in [0.2, 0.25) is 11.8 Å². The number of halogens is 2. The number of hydrogen-bond donors (Lipinski definition) is 0. The molecule has 1 unspecified atom stereocenters. The van der Waals surface area contributed by atoms with Crippen molar-refractivity contribution in [2.75, 3.05) is 39.3 Å². The zero-order chi connectivity index (χ0) is 26.7. The average Bonchev–Trinajstić information content (AvgIpc) is 3.41. The van der Waals surface area contributed by atoms with Crippen molar-refractivity contribution < 1.29 is 18.4 Å². The lowest BCUT2D eigenvalue weighted by Gasteiger charge is -2.53. The summed E-state index contributed by atoms with van der Waals surface area (Å²) >= 11 is 0. The van der Waals surface area contributed by atoms with Gasteiger partial charge < -0.3 is 14.7 Å². The maximum Gasteiger partial charge on any atom is 0.257 e. The Hall–Kier alpha value is -3.36. The monoisotopic (exact) mass is 521 g/mol. The molecular formula is C29H33F2N5O2. The lowest BCUT2D eigenvalue weighted by molar-refractivity contribution is -0.166. The van der Waals surface area contributed by atoms with E-state index in [0.717, 1.165) is 19.5 Å². The van der Waals surface area contributed by atoms with Gasteiger partial charge in [0.25, 0.3) is 5.91 Å². The number of carbonyl (C=O) groups excluding carboxylic acids is 2. The third kappa shape index (κ3) is 4.35. The van der Waals surface area contributed by atoms with E-state index in [9.17, 15) is 18.4 Å². The van der Waals surface area contributed by atoms with Crippen molar-refractivity contribution in [2.45, 2.75) is 44.4 Å². The third-order valence-electron chi connectivity index (χ3n) is 8.87. The van der Waals surface area contributed by atoms with Gasteiger partial charge in [-0.05, 0) is 31.4 Å². The van der Waals surface area contributed by atoms with Crippen LogP contribution < -0.4 is 0 Å². The van der Waals surface area contributed by atoms with Crippen LogP contribution >= 0.6 is 0 Å². The van der Waals surface area contributed by atoms with Crippen LogP contribution in [0.4, 0.5) is 8.78 Å². The summed E-state index contributed by atoms with van der Waals surface area (Å²) in [5, 5.41) is 0. The summed E-state index contributed by atoms with van der Waals surface area (Å²) in [5.41, 5.74) is 4.33. The number of aromatic nitrogens is 2. The second-order valence-corrected chi connectivity index (χ2v) is 11.6. The van der Waals surface area contributed by atoms with Gasteiger partial charge in [-0.3, -0.25) is 9.59 Å². The van der Waals surface area contributed by atoms with Crippen molar-refractivity contribution in [1.29, 1.82) is 0 Å². The molecule has 0 spiro atoms. The van der Waals surface area contributed by atoms with E-state index in [0.29, 0.717) is 49.0 Å². The fourth-order valence-corrected chi connectivity index (χ4v) is 6.63. The average molecular weight is 522 g/mol. The van der Waals surface area contributed by atoms with Crippen molar-refractivity contribution in [3.63, 3.8) is 0 Å². The van der Waals surface area contributed by atoms with E-state index in [-0.39, 0.29) is 30.1 Å². The van der Waals surface area contributed by atoms with Gasteiger partial charge in [-0.15, -0.1) is 0 Å². The first kappa shape index (κ1) is 24.9. The van der Waals surface area contributed by atoms with Crippen molar-refractivity contribution in [3.8, 4) is 0 Å². The van der Waals surface area contributed by atoms with Gasteiger partial charge in [-0.1, -0.05) is 30.3 Å². The van der Waals surface area contributed by atoms with Crippen LogP contribution in [0.2, 0.25) is 0 Å². The van der Waals surface area contributed by atoms with Crippen molar-refractivity contribution in [2.24, 2.45) is 11.8 Å². The Labute approximate surface area is 221 Å². The fraction of sp³-hybridized carbons (Fsp3) is 0.517. The summed E-state index contributed by atoms with van der Waals surface area (Å²) in [4.78, 5) is 40.4. The quantitative estimate of drug-likeness (QED) is 0.581. The summed E-state index contributed by atoms with van der Waals surface area (Å²) in [6.45, 7) is 7.86. The number of aryl methyl sites for hydroxylation is 2.